The number of ether oxygens (including phenoxy) is 1. The molecule has 29 heavy (non-hydrogen) atoms. The Morgan fingerprint density at radius 3 is 2.34 bits per heavy atom. The highest BCUT2D eigenvalue weighted by molar-refractivity contribution is 7.92. The van der Waals surface area contributed by atoms with Gasteiger partial charge in [0.1, 0.15) is 6.54 Å². The van der Waals surface area contributed by atoms with Crippen LogP contribution in [0.2, 0.25) is 0 Å². The Kier molecular flexibility index (Phi) is 6.76. The zero-order valence-corrected chi connectivity index (χ0v) is 17.4. The quantitative estimate of drug-likeness (QED) is 0.546. The molecule has 0 aliphatic heterocycles. The Bertz CT molecular complexity index is 1060. The Morgan fingerprint density at radius 2 is 1.76 bits per heavy atom. The van der Waals surface area contributed by atoms with Gasteiger partial charge < -0.3 is 10.1 Å². The Hall–Kier alpha value is -3.20. The first kappa shape index (κ1) is 22.1. The fourth-order valence-electron chi connectivity index (χ4n) is 2.60. The fourth-order valence-corrected chi connectivity index (χ4v) is 3.45. The zero-order valence-electron chi connectivity index (χ0n) is 16.6. The summed E-state index contributed by atoms with van der Waals surface area (Å²) >= 11 is 0. The molecule has 0 fully saturated rings. The van der Waals surface area contributed by atoms with Crippen LogP contribution in [-0.4, -0.2) is 46.0 Å². The van der Waals surface area contributed by atoms with Crippen molar-refractivity contribution in [3.05, 3.63) is 59.2 Å². The first-order chi connectivity index (χ1) is 13.5. The number of aryl methyl sites for hydroxylation is 1. The minimum absolute atomic E-state index is 0.204. The van der Waals surface area contributed by atoms with Crippen LogP contribution in [0.15, 0.2) is 42.5 Å². The molecule has 2 rings (SSSR count). The molecule has 0 heterocycles. The van der Waals surface area contributed by atoms with E-state index < -0.39 is 28.4 Å². The van der Waals surface area contributed by atoms with Crippen LogP contribution in [-0.2, 0) is 19.6 Å². The van der Waals surface area contributed by atoms with E-state index in [4.69, 9.17) is 0 Å². The summed E-state index contributed by atoms with van der Waals surface area (Å²) in [6, 6.07) is 10.7. The summed E-state index contributed by atoms with van der Waals surface area (Å²) in [5.41, 5.74) is 1.84. The van der Waals surface area contributed by atoms with Crippen LogP contribution < -0.4 is 9.62 Å². The zero-order chi connectivity index (χ0) is 21.8. The van der Waals surface area contributed by atoms with Crippen molar-refractivity contribution in [2.24, 2.45) is 0 Å². The second-order valence-corrected chi connectivity index (χ2v) is 8.35. The number of carbonyl (C=O) groups excluding carboxylic acids is 3. The maximum absolute atomic E-state index is 12.6. The summed E-state index contributed by atoms with van der Waals surface area (Å²) in [5.74, 6) is -1.38. The van der Waals surface area contributed by atoms with Crippen LogP contribution in [0.5, 0.6) is 0 Å². The van der Waals surface area contributed by atoms with Gasteiger partial charge in [-0.15, -0.1) is 0 Å². The van der Waals surface area contributed by atoms with Crippen LogP contribution >= 0.6 is 0 Å². The van der Waals surface area contributed by atoms with Gasteiger partial charge >= 0.3 is 5.97 Å². The van der Waals surface area contributed by atoms with Gasteiger partial charge in [-0.3, -0.25) is 13.9 Å². The number of methoxy groups -OCH3 is 1. The van der Waals surface area contributed by atoms with Gasteiger partial charge in [-0.05, 0) is 43.7 Å². The fraction of sp³-hybridized carbons (Fsp3) is 0.250. The molecule has 0 unspecified atom stereocenters. The lowest BCUT2D eigenvalue weighted by molar-refractivity contribution is -0.114. The van der Waals surface area contributed by atoms with Crippen LogP contribution in [0.3, 0.4) is 0 Å². The number of Topliss-reactive ketones (excluding diaryl/α,β-unsaturated/α-hetero) is 1. The summed E-state index contributed by atoms with van der Waals surface area (Å²) in [6.07, 6.45) is 0.976. The second-order valence-electron chi connectivity index (χ2n) is 6.45. The van der Waals surface area contributed by atoms with Crippen molar-refractivity contribution in [3.63, 3.8) is 0 Å². The van der Waals surface area contributed by atoms with Crippen LogP contribution in [0, 0.1) is 6.92 Å². The average molecular weight is 418 g/mol. The molecule has 1 amide bonds. The summed E-state index contributed by atoms with van der Waals surface area (Å²) in [4.78, 5) is 35.9. The molecule has 8 nitrogen and oxygen atoms in total. The highest BCUT2D eigenvalue weighted by Crippen LogP contribution is 2.21. The van der Waals surface area contributed by atoms with Crippen LogP contribution in [0.25, 0.3) is 0 Å². The van der Waals surface area contributed by atoms with Gasteiger partial charge in [0.05, 0.1) is 24.6 Å². The number of sulfonamides is 1. The molecule has 0 saturated heterocycles. The molecule has 2 aromatic carbocycles. The minimum Gasteiger partial charge on any atom is -0.465 e. The van der Waals surface area contributed by atoms with E-state index in [2.05, 4.69) is 10.1 Å². The number of esters is 1. The maximum atomic E-state index is 12.6. The third-order valence-electron chi connectivity index (χ3n) is 4.16. The maximum Gasteiger partial charge on any atom is 0.337 e. The molecule has 0 radical (unpaired) electrons. The second kappa shape index (κ2) is 8.87. The van der Waals surface area contributed by atoms with E-state index in [1.165, 1.54) is 32.2 Å². The summed E-state index contributed by atoms with van der Waals surface area (Å²) in [6.45, 7) is 2.61. The van der Waals surface area contributed by atoms with Gasteiger partial charge in [0.25, 0.3) is 0 Å². The number of hydrogen-bond acceptors (Lipinski definition) is 6. The van der Waals surface area contributed by atoms with E-state index in [1.54, 1.807) is 31.2 Å². The summed E-state index contributed by atoms with van der Waals surface area (Å²) in [5, 5.41) is 2.62. The number of hydrogen-bond donors (Lipinski definition) is 1. The minimum atomic E-state index is -3.80. The van der Waals surface area contributed by atoms with Crippen LogP contribution in [0.4, 0.5) is 11.4 Å². The first-order valence-electron chi connectivity index (χ1n) is 8.60. The molecule has 2 aromatic rings. The monoisotopic (exact) mass is 418 g/mol. The van der Waals surface area contributed by atoms with Crippen molar-refractivity contribution in [1.29, 1.82) is 0 Å². The van der Waals surface area contributed by atoms with Crippen molar-refractivity contribution < 1.29 is 27.5 Å². The third-order valence-corrected chi connectivity index (χ3v) is 5.30. The average Bonchev–Trinajstić information content (AvgIpc) is 2.66. The predicted molar refractivity (Wildman–Crippen MR) is 110 cm³/mol. The van der Waals surface area contributed by atoms with E-state index in [0.29, 0.717) is 16.8 Å². The molecular formula is C20H22N2O6S. The lowest BCUT2D eigenvalue weighted by atomic mass is 10.1. The number of nitrogens with zero attached hydrogens (tertiary/aromatic N) is 1. The molecule has 0 saturated carbocycles. The number of nitrogens with one attached hydrogen (secondary N) is 1. The van der Waals surface area contributed by atoms with Gasteiger partial charge in [-0.25, -0.2) is 13.2 Å². The number of rotatable bonds is 7. The van der Waals surface area contributed by atoms with Crippen LogP contribution in [0.1, 0.15) is 33.2 Å². The van der Waals surface area contributed by atoms with Gasteiger partial charge in [0.15, 0.2) is 5.78 Å². The molecule has 0 bridgehead atoms. The van der Waals surface area contributed by atoms with E-state index in [9.17, 15) is 22.8 Å². The highest BCUT2D eigenvalue weighted by Gasteiger charge is 2.22. The lowest BCUT2D eigenvalue weighted by Gasteiger charge is -2.22. The molecule has 0 aliphatic carbocycles. The Balaban J connectivity index is 2.30. The normalized spacial score (nSPS) is 10.9. The number of carbonyl (C=O) groups is 3. The lowest BCUT2D eigenvalue weighted by Crippen LogP contribution is -2.37. The molecule has 0 spiro atoms. The molecule has 9 heteroatoms. The third kappa shape index (κ3) is 5.64. The standard InChI is InChI=1S/C20H22N2O6S/c1-13-8-9-16(20(25)28-3)11-18(13)21-19(24)12-22(29(4,26)27)17-7-5-6-15(10-17)14(2)23/h5-11H,12H2,1-4H3,(H,21,24). The number of benzene rings is 2. The molecule has 0 aliphatic rings. The summed E-state index contributed by atoms with van der Waals surface area (Å²) in [7, 11) is -2.55. The largest absolute Gasteiger partial charge is 0.465 e. The molecular weight excluding hydrogens is 396 g/mol. The van der Waals surface area contributed by atoms with Crippen molar-refractivity contribution in [2.45, 2.75) is 13.8 Å². The van der Waals surface area contributed by atoms with E-state index in [1.807, 2.05) is 0 Å². The topological polar surface area (TPSA) is 110 Å². The molecule has 0 aromatic heterocycles. The highest BCUT2D eigenvalue weighted by atomic mass is 32.2. The van der Waals surface area contributed by atoms with Gasteiger partial charge in [0.2, 0.25) is 15.9 Å². The molecule has 0 atom stereocenters. The van der Waals surface area contributed by atoms with Crippen molar-refractivity contribution in [1.82, 2.24) is 0 Å². The van der Waals surface area contributed by atoms with E-state index in [-0.39, 0.29) is 17.0 Å². The predicted octanol–water partition coefficient (Wildman–Crippen LogP) is 2.39. The van der Waals surface area contributed by atoms with E-state index in [0.717, 1.165) is 10.6 Å². The van der Waals surface area contributed by atoms with Gasteiger partial charge in [-0.2, -0.15) is 0 Å². The van der Waals surface area contributed by atoms with Crippen molar-refractivity contribution in [3.8, 4) is 0 Å². The number of amides is 1. The van der Waals surface area contributed by atoms with Crippen molar-refractivity contribution >= 4 is 39.1 Å². The Morgan fingerprint density at radius 1 is 1.07 bits per heavy atom. The molecule has 154 valence electrons. The van der Waals surface area contributed by atoms with Gasteiger partial charge in [0, 0.05) is 11.3 Å². The molecule has 1 N–H and O–H groups in total. The van der Waals surface area contributed by atoms with Gasteiger partial charge in [-0.1, -0.05) is 18.2 Å². The summed E-state index contributed by atoms with van der Waals surface area (Å²) < 4.78 is 30.1. The van der Waals surface area contributed by atoms with E-state index >= 15 is 0 Å². The smallest absolute Gasteiger partial charge is 0.337 e. The Labute approximate surface area is 169 Å². The SMILES string of the molecule is COC(=O)c1ccc(C)c(NC(=O)CN(c2cccc(C(C)=O)c2)S(C)(=O)=O)c1. The first-order valence-corrected chi connectivity index (χ1v) is 10.5. The number of anilines is 2. The van der Waals surface area contributed by atoms with Crippen molar-refractivity contribution in [2.75, 3.05) is 29.5 Å². The number of ketones is 1.